The summed E-state index contributed by atoms with van der Waals surface area (Å²) in [4.78, 5) is 15.1. The van der Waals surface area contributed by atoms with Gasteiger partial charge < -0.3 is 4.57 Å². The van der Waals surface area contributed by atoms with Crippen LogP contribution in [0, 0.1) is 6.92 Å². The van der Waals surface area contributed by atoms with E-state index < -0.39 is 0 Å². The zero-order chi connectivity index (χ0) is 37.9. The number of hydrogen-bond acceptors (Lipinski definition) is 4. The molecule has 0 saturated carbocycles. The van der Waals surface area contributed by atoms with Crippen molar-refractivity contribution < 1.29 is 0 Å². The normalized spacial score (nSPS) is 11.6. The Bertz CT molecular complexity index is 3220. The van der Waals surface area contributed by atoms with Crippen molar-refractivity contribution in [2.45, 2.75) is 6.92 Å². The molecule has 268 valence electrons. The van der Waals surface area contributed by atoms with Crippen molar-refractivity contribution in [2.24, 2.45) is 0 Å². The SMILES string of the molecule is Cc1ccc(-n2c3ccccc3c3cc(-c4ccc5sc6ccnc(-c7ccc(-c8nc(-c9ccccc9)cc(-c9ccccc9)n8)cc7)c6c5c4)ccc32)cc1. The number of aryl methyl sites for hydroxylation is 1. The molecule has 11 rings (SSSR count). The molecule has 4 aromatic heterocycles. The zero-order valence-corrected chi connectivity index (χ0v) is 31.9. The van der Waals surface area contributed by atoms with Gasteiger partial charge in [-0.3, -0.25) is 4.98 Å². The minimum absolute atomic E-state index is 0.692. The third-order valence-corrected chi connectivity index (χ3v) is 12.1. The van der Waals surface area contributed by atoms with E-state index in [9.17, 15) is 0 Å². The Morgan fingerprint density at radius 2 is 1.04 bits per heavy atom. The lowest BCUT2D eigenvalue weighted by Crippen LogP contribution is -1.96. The van der Waals surface area contributed by atoms with Crippen LogP contribution in [0.2, 0.25) is 0 Å². The van der Waals surface area contributed by atoms with Crippen LogP contribution in [-0.4, -0.2) is 19.5 Å². The monoisotopic (exact) mass is 746 g/mol. The van der Waals surface area contributed by atoms with Gasteiger partial charge in [-0.15, -0.1) is 11.3 Å². The number of benzene rings is 7. The summed E-state index contributed by atoms with van der Waals surface area (Å²) in [5.41, 5.74) is 14.1. The van der Waals surface area contributed by atoms with Crippen LogP contribution < -0.4 is 0 Å². The predicted molar refractivity (Wildman–Crippen MR) is 239 cm³/mol. The Morgan fingerprint density at radius 1 is 0.439 bits per heavy atom. The maximum Gasteiger partial charge on any atom is 0.160 e. The number of para-hydroxylation sites is 1. The van der Waals surface area contributed by atoms with Gasteiger partial charge in [0.25, 0.3) is 0 Å². The third kappa shape index (κ3) is 5.79. The summed E-state index contributed by atoms with van der Waals surface area (Å²) in [6.45, 7) is 2.13. The molecule has 0 aliphatic rings. The minimum Gasteiger partial charge on any atom is -0.309 e. The quantitative estimate of drug-likeness (QED) is 0.170. The molecule has 0 spiro atoms. The first-order chi connectivity index (χ1) is 28.1. The molecular formula is C52H34N4S. The van der Waals surface area contributed by atoms with Crippen LogP contribution in [0.3, 0.4) is 0 Å². The summed E-state index contributed by atoms with van der Waals surface area (Å²) in [5.74, 6) is 0.692. The van der Waals surface area contributed by atoms with Gasteiger partial charge in [0.1, 0.15) is 0 Å². The summed E-state index contributed by atoms with van der Waals surface area (Å²) in [6, 6.07) is 64.6. The van der Waals surface area contributed by atoms with E-state index >= 15 is 0 Å². The highest BCUT2D eigenvalue weighted by molar-refractivity contribution is 7.25. The molecule has 5 heteroatoms. The molecular weight excluding hydrogens is 713 g/mol. The molecule has 0 aliphatic heterocycles. The third-order valence-electron chi connectivity index (χ3n) is 11.0. The van der Waals surface area contributed by atoms with Crippen molar-refractivity contribution in [1.82, 2.24) is 19.5 Å². The zero-order valence-electron chi connectivity index (χ0n) is 31.1. The van der Waals surface area contributed by atoms with Crippen LogP contribution in [0.25, 0.3) is 104 Å². The average molecular weight is 747 g/mol. The molecule has 0 unspecified atom stereocenters. The van der Waals surface area contributed by atoms with Gasteiger partial charge in [-0.2, -0.15) is 0 Å². The smallest absolute Gasteiger partial charge is 0.160 e. The van der Waals surface area contributed by atoms with Crippen LogP contribution in [-0.2, 0) is 0 Å². The first-order valence-electron chi connectivity index (χ1n) is 19.2. The summed E-state index contributed by atoms with van der Waals surface area (Å²) in [7, 11) is 0. The molecule has 11 aromatic rings. The number of nitrogens with zero attached hydrogens (tertiary/aromatic N) is 4. The number of aromatic nitrogens is 4. The summed E-state index contributed by atoms with van der Waals surface area (Å²) in [6.07, 6.45) is 1.93. The van der Waals surface area contributed by atoms with E-state index in [0.29, 0.717) is 5.82 Å². The van der Waals surface area contributed by atoms with Gasteiger partial charge in [-0.05, 0) is 72.6 Å². The van der Waals surface area contributed by atoms with Crippen molar-refractivity contribution in [3.8, 4) is 62.0 Å². The van der Waals surface area contributed by atoms with Gasteiger partial charge in [0, 0.05) is 65.1 Å². The lowest BCUT2D eigenvalue weighted by atomic mass is 9.99. The summed E-state index contributed by atoms with van der Waals surface area (Å²) >= 11 is 1.82. The second-order valence-electron chi connectivity index (χ2n) is 14.5. The maximum absolute atomic E-state index is 5.05. The highest BCUT2D eigenvalue weighted by atomic mass is 32.1. The van der Waals surface area contributed by atoms with Crippen molar-refractivity contribution >= 4 is 53.3 Å². The lowest BCUT2D eigenvalue weighted by Gasteiger charge is -2.10. The second-order valence-corrected chi connectivity index (χ2v) is 15.6. The lowest BCUT2D eigenvalue weighted by molar-refractivity contribution is 1.17. The van der Waals surface area contributed by atoms with E-state index in [1.165, 1.54) is 64.4 Å². The molecule has 0 aliphatic carbocycles. The average Bonchev–Trinajstić information content (AvgIpc) is 3.82. The van der Waals surface area contributed by atoms with Crippen LogP contribution >= 0.6 is 11.3 Å². The highest BCUT2D eigenvalue weighted by Gasteiger charge is 2.17. The van der Waals surface area contributed by atoms with E-state index in [0.717, 1.165) is 39.3 Å². The molecule has 0 amide bonds. The van der Waals surface area contributed by atoms with Gasteiger partial charge in [0.05, 0.1) is 28.1 Å². The van der Waals surface area contributed by atoms with Gasteiger partial charge >= 0.3 is 0 Å². The maximum atomic E-state index is 5.05. The van der Waals surface area contributed by atoms with Crippen molar-refractivity contribution in [1.29, 1.82) is 0 Å². The van der Waals surface area contributed by atoms with E-state index in [2.05, 4.69) is 157 Å². The number of hydrogen-bond donors (Lipinski definition) is 0. The fraction of sp³-hybridized carbons (Fsp3) is 0.0192. The number of pyridine rings is 1. The Kier molecular flexibility index (Phi) is 7.86. The number of fused-ring (bicyclic) bond motifs is 6. The number of thiophene rings is 1. The topological polar surface area (TPSA) is 43.6 Å². The van der Waals surface area contributed by atoms with Crippen LogP contribution in [0.1, 0.15) is 5.56 Å². The van der Waals surface area contributed by atoms with E-state index in [-0.39, 0.29) is 0 Å². The Balaban J connectivity index is 0.998. The second kappa shape index (κ2) is 13.5. The van der Waals surface area contributed by atoms with Crippen molar-refractivity contribution in [3.05, 3.63) is 194 Å². The largest absolute Gasteiger partial charge is 0.309 e. The van der Waals surface area contributed by atoms with Gasteiger partial charge in [0.15, 0.2) is 5.82 Å². The van der Waals surface area contributed by atoms with Gasteiger partial charge in [-0.25, -0.2) is 9.97 Å². The number of rotatable bonds is 6. The molecule has 0 fully saturated rings. The van der Waals surface area contributed by atoms with Crippen LogP contribution in [0.15, 0.2) is 188 Å². The first kappa shape index (κ1) is 33.2. The molecule has 0 bridgehead atoms. The molecule has 0 N–H and O–H groups in total. The van der Waals surface area contributed by atoms with Crippen molar-refractivity contribution in [2.75, 3.05) is 0 Å². The highest BCUT2D eigenvalue weighted by Crippen LogP contribution is 2.42. The predicted octanol–water partition coefficient (Wildman–Crippen LogP) is 14.0. The Hall–Kier alpha value is -7.21. The fourth-order valence-electron chi connectivity index (χ4n) is 8.11. The molecule has 0 saturated heterocycles. The van der Waals surface area contributed by atoms with E-state index in [1.54, 1.807) is 0 Å². The molecule has 4 nitrogen and oxygen atoms in total. The van der Waals surface area contributed by atoms with E-state index in [4.69, 9.17) is 15.0 Å². The Labute approximate surface area is 334 Å². The molecule has 7 aromatic carbocycles. The molecule has 4 heterocycles. The molecule has 0 atom stereocenters. The van der Waals surface area contributed by atoms with Crippen LogP contribution in [0.5, 0.6) is 0 Å². The standard InChI is InChI=1S/C52H34N4S/c1-33-16-24-40(25-17-33)56-46-15-9-8-14-41(46)42-30-38(22-26-47(42)56)39-23-27-48-43(31-39)50-49(57-48)28-29-53-51(50)36-18-20-37(21-19-36)52-54-44(34-10-4-2-5-11-34)32-45(55-52)35-12-6-3-7-13-35/h2-32H,1H3. The minimum atomic E-state index is 0.692. The Morgan fingerprint density at radius 3 is 1.75 bits per heavy atom. The van der Waals surface area contributed by atoms with Crippen LogP contribution in [0.4, 0.5) is 0 Å². The van der Waals surface area contributed by atoms with Gasteiger partial charge in [-0.1, -0.05) is 133 Å². The van der Waals surface area contributed by atoms with E-state index in [1.807, 2.05) is 53.9 Å². The first-order valence-corrected chi connectivity index (χ1v) is 20.0. The summed E-state index contributed by atoms with van der Waals surface area (Å²) in [5, 5.41) is 4.89. The molecule has 57 heavy (non-hydrogen) atoms. The van der Waals surface area contributed by atoms with Gasteiger partial charge in [0.2, 0.25) is 0 Å². The fourth-order valence-corrected chi connectivity index (χ4v) is 9.19. The van der Waals surface area contributed by atoms with Crippen molar-refractivity contribution in [3.63, 3.8) is 0 Å². The summed E-state index contributed by atoms with van der Waals surface area (Å²) < 4.78 is 4.84. The molecule has 0 radical (unpaired) electrons.